The van der Waals surface area contributed by atoms with Gasteiger partial charge in [-0.3, -0.25) is 9.59 Å². The van der Waals surface area contributed by atoms with Gasteiger partial charge in [0.1, 0.15) is 5.75 Å². The Balaban J connectivity index is 1.89. The van der Waals surface area contributed by atoms with Crippen molar-refractivity contribution in [2.24, 2.45) is 0 Å². The van der Waals surface area contributed by atoms with Gasteiger partial charge in [0.15, 0.2) is 0 Å². The van der Waals surface area contributed by atoms with Gasteiger partial charge in [-0.2, -0.15) is 0 Å². The Labute approximate surface area is 124 Å². The molecule has 112 valence electrons. The molecular weight excluding hydrogens is 268 g/mol. The number of benzene rings is 1. The van der Waals surface area contributed by atoms with Gasteiger partial charge in [-0.05, 0) is 37.5 Å². The summed E-state index contributed by atoms with van der Waals surface area (Å²) in [5, 5.41) is 0. The highest BCUT2D eigenvalue weighted by atomic mass is 16.5. The van der Waals surface area contributed by atoms with Crippen LogP contribution in [0.5, 0.6) is 5.75 Å². The van der Waals surface area contributed by atoms with Crippen LogP contribution >= 0.6 is 0 Å². The molecule has 5 heteroatoms. The van der Waals surface area contributed by atoms with Crippen LogP contribution in [0.4, 0.5) is 5.69 Å². The topological polar surface area (TPSA) is 49.9 Å². The van der Waals surface area contributed by atoms with E-state index in [0.29, 0.717) is 30.0 Å². The normalized spacial score (nSPS) is 18.8. The first kappa shape index (κ1) is 13.9. The largest absolute Gasteiger partial charge is 0.491 e. The highest BCUT2D eigenvalue weighted by Crippen LogP contribution is 2.32. The molecule has 5 nitrogen and oxygen atoms in total. The van der Waals surface area contributed by atoms with Crippen molar-refractivity contribution in [1.29, 1.82) is 0 Å². The van der Waals surface area contributed by atoms with Crippen LogP contribution in [0.15, 0.2) is 18.2 Å². The molecule has 1 saturated heterocycles. The molecule has 2 heterocycles. The minimum atomic E-state index is 0.0105. The second-order valence-electron chi connectivity index (χ2n) is 5.59. The summed E-state index contributed by atoms with van der Waals surface area (Å²) < 4.78 is 5.58. The van der Waals surface area contributed by atoms with Crippen molar-refractivity contribution in [3.8, 4) is 5.75 Å². The van der Waals surface area contributed by atoms with Gasteiger partial charge in [0, 0.05) is 25.7 Å². The Hall–Kier alpha value is -2.04. The summed E-state index contributed by atoms with van der Waals surface area (Å²) in [6, 6.07) is 5.36. The predicted molar refractivity (Wildman–Crippen MR) is 79.7 cm³/mol. The number of piperidine rings is 1. The van der Waals surface area contributed by atoms with Crippen molar-refractivity contribution in [2.45, 2.75) is 25.7 Å². The molecule has 1 aromatic carbocycles. The van der Waals surface area contributed by atoms with E-state index in [-0.39, 0.29) is 11.8 Å². The van der Waals surface area contributed by atoms with E-state index in [2.05, 4.69) is 0 Å². The number of nitrogens with zero attached hydrogens (tertiary/aromatic N) is 2. The zero-order valence-corrected chi connectivity index (χ0v) is 12.3. The van der Waals surface area contributed by atoms with Crippen LogP contribution in [0.1, 0.15) is 36.0 Å². The van der Waals surface area contributed by atoms with Crippen molar-refractivity contribution in [3.63, 3.8) is 0 Å². The lowest BCUT2D eigenvalue weighted by atomic mass is 10.1. The Kier molecular flexibility index (Phi) is 3.82. The van der Waals surface area contributed by atoms with Crippen LogP contribution in [0.2, 0.25) is 0 Å². The van der Waals surface area contributed by atoms with Gasteiger partial charge in [0.2, 0.25) is 5.91 Å². The van der Waals surface area contributed by atoms with Gasteiger partial charge in [-0.1, -0.05) is 0 Å². The summed E-state index contributed by atoms with van der Waals surface area (Å²) in [6.45, 7) is 2.03. The molecule has 2 amide bonds. The fraction of sp³-hybridized carbons (Fsp3) is 0.500. The molecule has 1 aromatic rings. The summed E-state index contributed by atoms with van der Waals surface area (Å²) in [7, 11) is 1.73. The molecule has 0 aromatic heterocycles. The number of fused-ring (bicyclic) bond motifs is 1. The highest BCUT2D eigenvalue weighted by Gasteiger charge is 2.23. The minimum Gasteiger partial charge on any atom is -0.491 e. The summed E-state index contributed by atoms with van der Waals surface area (Å²) in [5.41, 5.74) is 1.31. The number of anilines is 1. The standard InChI is InChI=1S/C16H20N2O3/c1-17-13-11-12(16(20)18-8-3-2-4-9-18)5-6-14(13)21-10-7-15(17)19/h5-6,11H,2-4,7-10H2,1H3. The molecule has 0 N–H and O–H groups in total. The van der Waals surface area contributed by atoms with Crippen LogP contribution in [0.3, 0.4) is 0 Å². The molecule has 0 radical (unpaired) electrons. The lowest BCUT2D eigenvalue weighted by molar-refractivity contribution is -0.118. The summed E-state index contributed by atoms with van der Waals surface area (Å²) in [6.07, 6.45) is 3.69. The molecule has 0 aliphatic carbocycles. The first-order chi connectivity index (χ1) is 10.2. The molecule has 0 bridgehead atoms. The van der Waals surface area contributed by atoms with Crippen molar-refractivity contribution >= 4 is 17.5 Å². The summed E-state index contributed by atoms with van der Waals surface area (Å²) >= 11 is 0. The molecule has 2 aliphatic rings. The molecule has 3 rings (SSSR count). The van der Waals surface area contributed by atoms with Gasteiger partial charge in [0.25, 0.3) is 5.91 Å². The van der Waals surface area contributed by atoms with Crippen LogP contribution < -0.4 is 9.64 Å². The number of amides is 2. The van der Waals surface area contributed by atoms with Crippen LogP contribution in [0, 0.1) is 0 Å². The fourth-order valence-electron chi connectivity index (χ4n) is 2.86. The Morgan fingerprint density at radius 1 is 1.19 bits per heavy atom. The molecule has 0 saturated carbocycles. The summed E-state index contributed by atoms with van der Waals surface area (Å²) in [5.74, 6) is 0.720. The number of ether oxygens (including phenoxy) is 1. The average molecular weight is 288 g/mol. The van der Waals surface area contributed by atoms with Crippen LogP contribution in [-0.2, 0) is 4.79 Å². The number of rotatable bonds is 1. The van der Waals surface area contributed by atoms with E-state index in [1.807, 2.05) is 4.90 Å². The smallest absolute Gasteiger partial charge is 0.253 e. The molecule has 1 fully saturated rings. The van der Waals surface area contributed by atoms with E-state index in [0.717, 1.165) is 25.9 Å². The molecule has 0 atom stereocenters. The zero-order chi connectivity index (χ0) is 14.8. The van der Waals surface area contributed by atoms with Crippen molar-refractivity contribution in [2.75, 3.05) is 31.6 Å². The zero-order valence-electron chi connectivity index (χ0n) is 12.3. The molecular formula is C16H20N2O3. The number of carbonyl (C=O) groups excluding carboxylic acids is 2. The Morgan fingerprint density at radius 3 is 2.71 bits per heavy atom. The minimum absolute atomic E-state index is 0.0105. The van der Waals surface area contributed by atoms with E-state index in [9.17, 15) is 9.59 Å². The van der Waals surface area contributed by atoms with Crippen molar-refractivity contribution in [3.05, 3.63) is 23.8 Å². The third kappa shape index (κ3) is 2.73. The van der Waals surface area contributed by atoms with E-state index in [1.54, 1.807) is 30.1 Å². The number of carbonyl (C=O) groups is 2. The van der Waals surface area contributed by atoms with Gasteiger partial charge >= 0.3 is 0 Å². The highest BCUT2D eigenvalue weighted by molar-refractivity contribution is 5.99. The number of hydrogen-bond acceptors (Lipinski definition) is 3. The Morgan fingerprint density at radius 2 is 1.95 bits per heavy atom. The van der Waals surface area contributed by atoms with Crippen molar-refractivity contribution < 1.29 is 14.3 Å². The molecule has 0 unspecified atom stereocenters. The number of hydrogen-bond donors (Lipinski definition) is 0. The van der Waals surface area contributed by atoms with Gasteiger partial charge in [0.05, 0.1) is 18.7 Å². The number of likely N-dealkylation sites (tertiary alicyclic amines) is 1. The maximum atomic E-state index is 12.5. The molecule has 2 aliphatic heterocycles. The van der Waals surface area contributed by atoms with E-state index in [4.69, 9.17) is 4.74 Å². The van der Waals surface area contributed by atoms with Gasteiger partial charge in [-0.15, -0.1) is 0 Å². The van der Waals surface area contributed by atoms with Crippen LogP contribution in [0.25, 0.3) is 0 Å². The average Bonchev–Trinajstić information content (AvgIpc) is 2.67. The molecule has 21 heavy (non-hydrogen) atoms. The second kappa shape index (κ2) is 5.76. The van der Waals surface area contributed by atoms with Gasteiger partial charge < -0.3 is 14.5 Å². The van der Waals surface area contributed by atoms with Crippen LogP contribution in [-0.4, -0.2) is 43.5 Å². The SMILES string of the molecule is CN1C(=O)CCOc2ccc(C(=O)N3CCCCC3)cc21. The monoisotopic (exact) mass is 288 g/mol. The van der Waals surface area contributed by atoms with E-state index in [1.165, 1.54) is 6.42 Å². The maximum absolute atomic E-state index is 12.5. The summed E-state index contributed by atoms with van der Waals surface area (Å²) in [4.78, 5) is 27.9. The Bertz CT molecular complexity index is 565. The van der Waals surface area contributed by atoms with Gasteiger partial charge in [-0.25, -0.2) is 0 Å². The lowest BCUT2D eigenvalue weighted by Gasteiger charge is -2.27. The van der Waals surface area contributed by atoms with E-state index < -0.39 is 0 Å². The fourth-order valence-corrected chi connectivity index (χ4v) is 2.86. The first-order valence-electron chi connectivity index (χ1n) is 7.49. The molecule has 0 spiro atoms. The predicted octanol–water partition coefficient (Wildman–Crippen LogP) is 2.06. The quantitative estimate of drug-likeness (QED) is 0.795. The maximum Gasteiger partial charge on any atom is 0.253 e. The third-order valence-corrected chi connectivity index (χ3v) is 4.16. The lowest BCUT2D eigenvalue weighted by Crippen LogP contribution is -2.35. The third-order valence-electron chi connectivity index (χ3n) is 4.16. The first-order valence-corrected chi connectivity index (χ1v) is 7.49. The second-order valence-corrected chi connectivity index (χ2v) is 5.59. The van der Waals surface area contributed by atoms with Crippen molar-refractivity contribution in [1.82, 2.24) is 4.90 Å². The van der Waals surface area contributed by atoms with E-state index >= 15 is 0 Å².